The Balaban J connectivity index is 0. The fourth-order valence-electron chi connectivity index (χ4n) is 1.10. The molecule has 1 aliphatic rings. The van der Waals surface area contributed by atoms with Crippen LogP contribution in [0.3, 0.4) is 0 Å². The van der Waals surface area contributed by atoms with E-state index in [4.69, 9.17) is 14.4 Å². The van der Waals surface area contributed by atoms with E-state index in [2.05, 4.69) is 0 Å². The summed E-state index contributed by atoms with van der Waals surface area (Å²) in [5, 5.41) is 9.02. The SMILES string of the molecule is O=S(=O)(O)C(O)CN1CCOCC1.[H-].[Na+]. The van der Waals surface area contributed by atoms with Gasteiger partial charge in [-0.2, -0.15) is 8.42 Å². The van der Waals surface area contributed by atoms with E-state index in [1.165, 1.54) is 0 Å². The molecule has 1 atom stereocenters. The van der Waals surface area contributed by atoms with Crippen LogP contribution in [0.15, 0.2) is 0 Å². The van der Waals surface area contributed by atoms with E-state index in [9.17, 15) is 8.42 Å². The van der Waals surface area contributed by atoms with Gasteiger partial charge in [-0.3, -0.25) is 9.45 Å². The maximum atomic E-state index is 10.5. The van der Waals surface area contributed by atoms with Gasteiger partial charge in [0, 0.05) is 19.6 Å². The average Bonchev–Trinajstić information content (AvgIpc) is 2.04. The standard InChI is InChI=1S/C6H13NO5S.Na.H/c8-6(13(9,10)11)5-7-1-3-12-4-2-7;;/h6,8H,1-5H2,(H,9,10,11);;/q;+1;-1. The number of hydrogen-bond acceptors (Lipinski definition) is 5. The minimum atomic E-state index is -4.33. The third kappa shape index (κ3) is 5.04. The quantitative estimate of drug-likeness (QED) is 0.380. The van der Waals surface area contributed by atoms with E-state index in [-0.39, 0.29) is 37.5 Å². The Labute approximate surface area is 107 Å². The molecule has 2 N–H and O–H groups in total. The number of β-amino-alcohol motifs (C(OH)–C–C–N with tert-alkyl or cyclic N) is 1. The van der Waals surface area contributed by atoms with Crippen molar-refractivity contribution in [3.63, 3.8) is 0 Å². The van der Waals surface area contributed by atoms with Crippen LogP contribution < -0.4 is 29.6 Å². The first-order valence-corrected chi connectivity index (χ1v) is 5.45. The Hall–Kier alpha value is 0.790. The van der Waals surface area contributed by atoms with Crippen molar-refractivity contribution in [2.24, 2.45) is 0 Å². The molecule has 1 saturated heterocycles. The van der Waals surface area contributed by atoms with Crippen molar-refractivity contribution in [1.29, 1.82) is 0 Å². The second-order valence-electron chi connectivity index (χ2n) is 2.88. The smallest absolute Gasteiger partial charge is 1.00 e. The molecule has 1 heterocycles. The van der Waals surface area contributed by atoms with Gasteiger partial charge in [-0.1, -0.05) is 0 Å². The van der Waals surface area contributed by atoms with E-state index in [0.717, 1.165) is 0 Å². The molecule has 0 aromatic rings. The first-order chi connectivity index (χ1) is 6.00. The molecule has 0 spiro atoms. The first kappa shape index (κ1) is 14.8. The minimum absolute atomic E-state index is 0. The molecule has 0 amide bonds. The maximum absolute atomic E-state index is 10.5. The molecule has 1 aliphatic heterocycles. The van der Waals surface area contributed by atoms with Crippen molar-refractivity contribution >= 4 is 10.1 Å². The fraction of sp³-hybridized carbons (Fsp3) is 1.00. The summed E-state index contributed by atoms with van der Waals surface area (Å²) in [6, 6.07) is 0. The topological polar surface area (TPSA) is 87.1 Å². The molecule has 1 fully saturated rings. The predicted octanol–water partition coefficient (Wildman–Crippen LogP) is -4.36. The van der Waals surface area contributed by atoms with Crippen LogP contribution in [0.2, 0.25) is 0 Å². The van der Waals surface area contributed by atoms with Crippen molar-refractivity contribution in [2.75, 3.05) is 32.8 Å². The van der Waals surface area contributed by atoms with Crippen LogP contribution in [0.1, 0.15) is 1.43 Å². The third-order valence-electron chi connectivity index (χ3n) is 1.86. The summed E-state index contributed by atoms with van der Waals surface area (Å²) in [7, 11) is -4.33. The molecule has 0 aromatic heterocycles. The Morgan fingerprint density at radius 1 is 1.43 bits per heavy atom. The van der Waals surface area contributed by atoms with E-state index in [0.29, 0.717) is 26.3 Å². The van der Waals surface area contributed by atoms with E-state index in [1.807, 2.05) is 0 Å². The van der Waals surface area contributed by atoms with Crippen molar-refractivity contribution in [2.45, 2.75) is 5.44 Å². The predicted molar refractivity (Wildman–Crippen MR) is 45.9 cm³/mol. The number of ether oxygens (including phenoxy) is 1. The molecule has 0 aromatic carbocycles. The first-order valence-electron chi connectivity index (χ1n) is 3.94. The van der Waals surface area contributed by atoms with Crippen molar-refractivity contribution in [3.8, 4) is 0 Å². The molecule has 0 bridgehead atoms. The third-order valence-corrected chi connectivity index (χ3v) is 2.70. The van der Waals surface area contributed by atoms with E-state index >= 15 is 0 Å². The average molecular weight is 235 g/mol. The second-order valence-corrected chi connectivity index (χ2v) is 4.46. The summed E-state index contributed by atoms with van der Waals surface area (Å²) < 4.78 is 34.4. The largest absolute Gasteiger partial charge is 1.00 e. The Morgan fingerprint density at radius 3 is 2.36 bits per heavy atom. The van der Waals surface area contributed by atoms with Gasteiger partial charge in [0.1, 0.15) is 0 Å². The number of nitrogens with zero attached hydrogens (tertiary/aromatic N) is 1. The van der Waals surface area contributed by atoms with Gasteiger partial charge in [0.25, 0.3) is 10.1 Å². The summed E-state index contributed by atoms with van der Waals surface area (Å²) in [6.45, 7) is 2.14. The van der Waals surface area contributed by atoms with Crippen molar-refractivity contribution in [1.82, 2.24) is 4.90 Å². The van der Waals surface area contributed by atoms with Crippen LogP contribution in [0.4, 0.5) is 0 Å². The van der Waals surface area contributed by atoms with E-state index in [1.54, 1.807) is 4.90 Å². The van der Waals surface area contributed by atoms with Crippen LogP contribution in [0, 0.1) is 0 Å². The molecule has 1 rings (SSSR count). The molecule has 6 nitrogen and oxygen atoms in total. The van der Waals surface area contributed by atoms with Crippen LogP contribution in [0.5, 0.6) is 0 Å². The zero-order valence-corrected chi connectivity index (χ0v) is 10.9. The zero-order chi connectivity index (χ0) is 9.90. The van der Waals surface area contributed by atoms with Gasteiger partial charge in [-0.15, -0.1) is 0 Å². The Kier molecular flexibility index (Phi) is 6.75. The van der Waals surface area contributed by atoms with Gasteiger partial charge in [0.2, 0.25) is 0 Å². The summed E-state index contributed by atoms with van der Waals surface area (Å²) >= 11 is 0. The monoisotopic (exact) mass is 235 g/mol. The molecule has 0 aliphatic carbocycles. The van der Waals surface area contributed by atoms with Crippen LogP contribution in [-0.4, -0.2) is 61.3 Å². The van der Waals surface area contributed by atoms with Crippen molar-refractivity contribution in [3.05, 3.63) is 0 Å². The molecular weight excluding hydrogens is 221 g/mol. The van der Waals surface area contributed by atoms with Gasteiger partial charge in [0.15, 0.2) is 5.44 Å². The van der Waals surface area contributed by atoms with E-state index < -0.39 is 15.6 Å². The van der Waals surface area contributed by atoms with Crippen LogP contribution >= 0.6 is 0 Å². The second kappa shape index (κ2) is 6.39. The fourth-order valence-corrected chi connectivity index (χ4v) is 1.50. The molecule has 0 radical (unpaired) electrons. The van der Waals surface area contributed by atoms with Gasteiger partial charge in [0.05, 0.1) is 13.2 Å². The minimum Gasteiger partial charge on any atom is -1.00 e. The van der Waals surface area contributed by atoms with Gasteiger partial charge in [-0.25, -0.2) is 0 Å². The van der Waals surface area contributed by atoms with Gasteiger partial charge < -0.3 is 11.3 Å². The van der Waals surface area contributed by atoms with Gasteiger partial charge >= 0.3 is 29.6 Å². The van der Waals surface area contributed by atoms with Crippen LogP contribution in [0.25, 0.3) is 0 Å². The number of aliphatic hydroxyl groups is 1. The zero-order valence-electron chi connectivity index (χ0n) is 9.09. The normalized spacial score (nSPS) is 21.3. The molecule has 1 unspecified atom stereocenters. The molecule has 0 saturated carbocycles. The van der Waals surface area contributed by atoms with Crippen LogP contribution in [-0.2, 0) is 14.9 Å². The number of morpholine rings is 1. The summed E-state index contributed by atoms with van der Waals surface area (Å²) in [6.07, 6.45) is 0. The summed E-state index contributed by atoms with van der Waals surface area (Å²) in [4.78, 5) is 1.72. The van der Waals surface area contributed by atoms with Crippen molar-refractivity contribution < 1.29 is 53.8 Å². The molecule has 80 valence electrons. The number of aliphatic hydroxyl groups excluding tert-OH is 1. The summed E-state index contributed by atoms with van der Waals surface area (Å²) in [5.74, 6) is 0. The number of rotatable bonds is 3. The Morgan fingerprint density at radius 2 is 1.93 bits per heavy atom. The number of hydrogen-bond donors (Lipinski definition) is 2. The summed E-state index contributed by atoms with van der Waals surface area (Å²) in [5.41, 5.74) is -1.72. The molecule has 8 heteroatoms. The van der Waals surface area contributed by atoms with Gasteiger partial charge in [-0.05, 0) is 0 Å². The Bertz CT molecular complexity index is 256. The molecule has 14 heavy (non-hydrogen) atoms. The maximum Gasteiger partial charge on any atom is 1.00 e. The molecular formula is C6H14NNaO5S.